The molecule has 0 aliphatic heterocycles. The quantitative estimate of drug-likeness (QED) is 0.883. The minimum atomic E-state index is -1.18. The van der Waals surface area contributed by atoms with E-state index in [0.717, 1.165) is 5.56 Å². The lowest BCUT2D eigenvalue weighted by Crippen LogP contribution is -2.18. The molecule has 2 rings (SSSR count). The third-order valence-corrected chi connectivity index (χ3v) is 2.65. The molecule has 0 saturated heterocycles. The lowest BCUT2D eigenvalue weighted by molar-refractivity contribution is 0.0691. The fourth-order valence-electron chi connectivity index (χ4n) is 1.65. The van der Waals surface area contributed by atoms with Crippen molar-refractivity contribution in [3.63, 3.8) is 0 Å². The molecule has 2 N–H and O–H groups in total. The van der Waals surface area contributed by atoms with Crippen molar-refractivity contribution in [3.05, 3.63) is 59.4 Å². The van der Waals surface area contributed by atoms with E-state index in [-0.39, 0.29) is 11.3 Å². The number of carboxylic acid groups (broad SMARTS) is 1. The Kier molecular flexibility index (Phi) is 3.56. The fourth-order valence-corrected chi connectivity index (χ4v) is 1.65. The summed E-state index contributed by atoms with van der Waals surface area (Å²) in [7, 11) is 0. The van der Waals surface area contributed by atoms with Crippen molar-refractivity contribution in [2.24, 2.45) is 0 Å². The highest BCUT2D eigenvalue weighted by molar-refractivity contribution is 6.09. The van der Waals surface area contributed by atoms with Crippen LogP contribution in [0.1, 0.15) is 26.4 Å². The number of amides is 1. The predicted octanol–water partition coefficient (Wildman–Crippen LogP) is 2.34. The zero-order valence-electron chi connectivity index (χ0n) is 10.3. The van der Waals surface area contributed by atoms with Gasteiger partial charge in [-0.1, -0.05) is 18.2 Å². The Morgan fingerprint density at radius 2 is 1.89 bits per heavy atom. The molecule has 0 spiro atoms. The smallest absolute Gasteiger partial charge is 0.338 e. The van der Waals surface area contributed by atoms with Crippen LogP contribution in [-0.4, -0.2) is 22.0 Å². The number of aromatic carboxylic acids is 1. The molecule has 0 saturated carbocycles. The van der Waals surface area contributed by atoms with E-state index >= 15 is 0 Å². The number of hydrogen-bond acceptors (Lipinski definition) is 3. The Morgan fingerprint density at radius 1 is 1.16 bits per heavy atom. The van der Waals surface area contributed by atoms with Gasteiger partial charge in [0.2, 0.25) is 0 Å². The van der Waals surface area contributed by atoms with Crippen LogP contribution in [-0.2, 0) is 0 Å². The van der Waals surface area contributed by atoms with Gasteiger partial charge in [0.25, 0.3) is 5.91 Å². The molecule has 0 atom stereocenters. The summed E-state index contributed by atoms with van der Waals surface area (Å²) in [5.74, 6) is -1.71. The first kappa shape index (κ1) is 12.8. The first-order valence-corrected chi connectivity index (χ1v) is 5.65. The normalized spacial score (nSPS) is 9.95. The van der Waals surface area contributed by atoms with Crippen molar-refractivity contribution in [2.75, 3.05) is 5.32 Å². The number of rotatable bonds is 3. The summed E-state index contributed by atoms with van der Waals surface area (Å²) in [5, 5.41) is 11.7. The van der Waals surface area contributed by atoms with Gasteiger partial charge in [-0.05, 0) is 30.7 Å². The molecule has 0 unspecified atom stereocenters. The first-order chi connectivity index (χ1) is 9.09. The number of nitrogens with one attached hydrogen (secondary N) is 1. The van der Waals surface area contributed by atoms with Crippen molar-refractivity contribution in [1.29, 1.82) is 0 Å². The largest absolute Gasteiger partial charge is 0.478 e. The van der Waals surface area contributed by atoms with Gasteiger partial charge in [-0.25, -0.2) is 4.79 Å². The van der Waals surface area contributed by atoms with E-state index in [9.17, 15) is 9.59 Å². The topological polar surface area (TPSA) is 79.3 Å². The number of para-hydroxylation sites is 1. The minimum Gasteiger partial charge on any atom is -0.478 e. The number of nitrogens with zero attached hydrogens (tertiary/aromatic N) is 1. The van der Waals surface area contributed by atoms with Gasteiger partial charge in [0.15, 0.2) is 0 Å². The zero-order valence-corrected chi connectivity index (χ0v) is 10.3. The zero-order chi connectivity index (χ0) is 13.8. The molecule has 2 aromatic rings. The SMILES string of the molecule is Cc1ccccc1NC(=O)c1ncccc1C(=O)O. The molecule has 1 aromatic carbocycles. The van der Waals surface area contributed by atoms with Gasteiger partial charge in [0, 0.05) is 11.9 Å². The highest BCUT2D eigenvalue weighted by Crippen LogP contribution is 2.15. The number of aromatic nitrogens is 1. The van der Waals surface area contributed by atoms with Crippen LogP contribution in [0.4, 0.5) is 5.69 Å². The third kappa shape index (κ3) is 2.77. The number of pyridine rings is 1. The van der Waals surface area contributed by atoms with E-state index in [1.54, 1.807) is 12.1 Å². The average molecular weight is 256 g/mol. The molecule has 0 aliphatic rings. The van der Waals surface area contributed by atoms with Crippen LogP contribution in [0.25, 0.3) is 0 Å². The number of anilines is 1. The third-order valence-electron chi connectivity index (χ3n) is 2.65. The Balaban J connectivity index is 2.31. The number of carbonyl (C=O) groups excluding carboxylic acids is 1. The number of carbonyl (C=O) groups is 2. The fraction of sp³-hybridized carbons (Fsp3) is 0.0714. The van der Waals surface area contributed by atoms with E-state index in [1.165, 1.54) is 18.3 Å². The Hall–Kier alpha value is -2.69. The molecule has 19 heavy (non-hydrogen) atoms. The van der Waals surface area contributed by atoms with Crippen LogP contribution in [0.5, 0.6) is 0 Å². The number of aryl methyl sites for hydroxylation is 1. The first-order valence-electron chi connectivity index (χ1n) is 5.65. The second-order valence-corrected chi connectivity index (χ2v) is 3.97. The molecule has 0 bridgehead atoms. The van der Waals surface area contributed by atoms with E-state index in [0.29, 0.717) is 5.69 Å². The maximum atomic E-state index is 12.1. The standard InChI is InChI=1S/C14H12N2O3/c1-9-5-2-3-7-11(9)16-13(17)12-10(14(18)19)6-4-8-15-12/h2-8H,1H3,(H,16,17)(H,18,19). The lowest BCUT2D eigenvalue weighted by atomic mass is 10.1. The number of carboxylic acids is 1. The maximum Gasteiger partial charge on any atom is 0.338 e. The molecular formula is C14H12N2O3. The molecule has 0 aliphatic carbocycles. The molecule has 0 fully saturated rings. The van der Waals surface area contributed by atoms with Gasteiger partial charge in [0.05, 0.1) is 5.56 Å². The average Bonchev–Trinajstić information content (AvgIpc) is 2.41. The molecule has 0 radical (unpaired) electrons. The Morgan fingerprint density at radius 3 is 2.58 bits per heavy atom. The molecule has 1 aromatic heterocycles. The highest BCUT2D eigenvalue weighted by Gasteiger charge is 2.17. The summed E-state index contributed by atoms with van der Waals surface area (Å²) in [6.07, 6.45) is 1.39. The van der Waals surface area contributed by atoms with E-state index in [2.05, 4.69) is 10.3 Å². The summed E-state index contributed by atoms with van der Waals surface area (Å²) in [4.78, 5) is 26.9. The second-order valence-electron chi connectivity index (χ2n) is 3.97. The van der Waals surface area contributed by atoms with Gasteiger partial charge in [0.1, 0.15) is 5.69 Å². The van der Waals surface area contributed by atoms with Crippen molar-refractivity contribution in [1.82, 2.24) is 4.98 Å². The lowest BCUT2D eigenvalue weighted by Gasteiger charge is -2.08. The summed E-state index contributed by atoms with van der Waals surface area (Å²) in [5.41, 5.74) is 1.31. The monoisotopic (exact) mass is 256 g/mol. The number of benzene rings is 1. The van der Waals surface area contributed by atoms with Gasteiger partial charge in [-0.15, -0.1) is 0 Å². The summed E-state index contributed by atoms with van der Waals surface area (Å²) >= 11 is 0. The Labute approximate surface area is 109 Å². The van der Waals surface area contributed by atoms with Crippen LogP contribution < -0.4 is 5.32 Å². The highest BCUT2D eigenvalue weighted by atomic mass is 16.4. The van der Waals surface area contributed by atoms with Crippen molar-refractivity contribution < 1.29 is 14.7 Å². The van der Waals surface area contributed by atoms with E-state index in [4.69, 9.17) is 5.11 Å². The Bertz CT molecular complexity index is 638. The summed E-state index contributed by atoms with van der Waals surface area (Å²) in [6.45, 7) is 1.85. The predicted molar refractivity (Wildman–Crippen MR) is 70.3 cm³/mol. The van der Waals surface area contributed by atoms with Gasteiger partial charge in [-0.2, -0.15) is 0 Å². The van der Waals surface area contributed by atoms with Crippen molar-refractivity contribution in [3.8, 4) is 0 Å². The van der Waals surface area contributed by atoms with Crippen LogP contribution in [0.2, 0.25) is 0 Å². The van der Waals surface area contributed by atoms with E-state index in [1.807, 2.05) is 19.1 Å². The van der Waals surface area contributed by atoms with Crippen LogP contribution in [0, 0.1) is 6.92 Å². The molecule has 1 amide bonds. The van der Waals surface area contributed by atoms with Gasteiger partial charge >= 0.3 is 5.97 Å². The van der Waals surface area contributed by atoms with Gasteiger partial charge < -0.3 is 10.4 Å². The van der Waals surface area contributed by atoms with Gasteiger partial charge in [-0.3, -0.25) is 9.78 Å². The van der Waals surface area contributed by atoms with E-state index < -0.39 is 11.9 Å². The molecule has 5 nitrogen and oxygen atoms in total. The molecule has 1 heterocycles. The molecular weight excluding hydrogens is 244 g/mol. The molecule has 5 heteroatoms. The summed E-state index contributed by atoms with van der Waals surface area (Å²) < 4.78 is 0. The van der Waals surface area contributed by atoms with Crippen molar-refractivity contribution in [2.45, 2.75) is 6.92 Å². The van der Waals surface area contributed by atoms with Crippen molar-refractivity contribution >= 4 is 17.6 Å². The summed E-state index contributed by atoms with van der Waals surface area (Å²) in [6, 6.07) is 10.1. The van der Waals surface area contributed by atoms with Crippen LogP contribution >= 0.6 is 0 Å². The number of hydrogen-bond donors (Lipinski definition) is 2. The van der Waals surface area contributed by atoms with Crippen LogP contribution in [0.3, 0.4) is 0 Å². The molecule has 96 valence electrons. The van der Waals surface area contributed by atoms with Crippen LogP contribution in [0.15, 0.2) is 42.6 Å². The maximum absolute atomic E-state index is 12.1. The second kappa shape index (κ2) is 5.30. The minimum absolute atomic E-state index is 0.0988.